The summed E-state index contributed by atoms with van der Waals surface area (Å²) in [4.78, 5) is 16.9. The molecule has 0 bridgehead atoms. The van der Waals surface area contributed by atoms with Crippen LogP contribution in [0.3, 0.4) is 0 Å². The SMILES string of the molecule is C=CCn1c(=O)/c(=C2/SC(C)=C(C)N2CC)s/c1=C/c1ccc2ccccc2[n+]1CC.[I-]. The number of aromatic nitrogens is 2. The molecule has 0 saturated carbocycles. The topological polar surface area (TPSA) is 29.1 Å². The fraction of sp³-hybridized carbons (Fsp3) is 0.280. The van der Waals surface area contributed by atoms with Gasteiger partial charge in [0, 0.05) is 47.3 Å². The smallest absolute Gasteiger partial charge is 0.272 e. The lowest BCUT2D eigenvalue weighted by molar-refractivity contribution is -0.669. The number of nitrogens with zero attached hydrogens (tertiary/aromatic N) is 3. The second-order valence-electron chi connectivity index (χ2n) is 7.47. The predicted octanol–water partition coefficient (Wildman–Crippen LogP) is 0.775. The van der Waals surface area contributed by atoms with Gasteiger partial charge in [-0.3, -0.25) is 9.36 Å². The van der Waals surface area contributed by atoms with Crippen molar-refractivity contribution >= 4 is 45.1 Å². The van der Waals surface area contributed by atoms with Gasteiger partial charge in [-0.15, -0.1) is 17.9 Å². The number of pyridine rings is 1. The van der Waals surface area contributed by atoms with Crippen LogP contribution in [0.1, 0.15) is 33.4 Å². The molecule has 1 aliphatic rings. The van der Waals surface area contributed by atoms with Gasteiger partial charge in [-0.1, -0.05) is 30.0 Å². The number of allylic oxidation sites excluding steroid dienone is 3. The van der Waals surface area contributed by atoms with Gasteiger partial charge in [0.25, 0.3) is 5.56 Å². The van der Waals surface area contributed by atoms with E-state index in [0.717, 1.165) is 33.0 Å². The van der Waals surface area contributed by atoms with Gasteiger partial charge in [-0.25, -0.2) is 0 Å². The van der Waals surface area contributed by atoms with Crippen molar-refractivity contribution in [2.45, 2.75) is 40.8 Å². The summed E-state index contributed by atoms with van der Waals surface area (Å²) in [5.41, 5.74) is 3.58. The molecule has 168 valence electrons. The van der Waals surface area contributed by atoms with E-state index >= 15 is 0 Å². The van der Waals surface area contributed by atoms with Gasteiger partial charge in [-0.2, -0.15) is 4.57 Å². The van der Waals surface area contributed by atoms with E-state index in [9.17, 15) is 4.79 Å². The fourth-order valence-electron chi connectivity index (χ4n) is 4.02. The molecule has 0 amide bonds. The lowest BCUT2D eigenvalue weighted by Gasteiger charge is -2.17. The number of hydrogen-bond acceptors (Lipinski definition) is 4. The lowest BCUT2D eigenvalue weighted by atomic mass is 10.2. The van der Waals surface area contributed by atoms with Crippen molar-refractivity contribution in [2.24, 2.45) is 0 Å². The first-order valence-electron chi connectivity index (χ1n) is 10.6. The van der Waals surface area contributed by atoms with E-state index < -0.39 is 0 Å². The highest BCUT2D eigenvalue weighted by molar-refractivity contribution is 8.11. The van der Waals surface area contributed by atoms with E-state index in [1.54, 1.807) is 29.2 Å². The summed E-state index contributed by atoms with van der Waals surface area (Å²) in [6.07, 6.45) is 3.93. The lowest BCUT2D eigenvalue weighted by Crippen LogP contribution is -3.00. The minimum atomic E-state index is 0. The Bertz CT molecular complexity index is 1380. The maximum atomic E-state index is 13.4. The van der Waals surface area contributed by atoms with E-state index in [1.807, 2.05) is 4.57 Å². The molecule has 4 nitrogen and oxygen atoms in total. The van der Waals surface area contributed by atoms with Crippen LogP contribution in [0.4, 0.5) is 0 Å². The van der Waals surface area contributed by atoms with Crippen molar-refractivity contribution in [1.29, 1.82) is 0 Å². The Morgan fingerprint density at radius 2 is 1.88 bits per heavy atom. The summed E-state index contributed by atoms with van der Waals surface area (Å²) >= 11 is 3.28. The standard InChI is InChI=1S/C25H28N3OS2.HI/c1-6-15-28-22(16-20-14-13-19-11-9-10-12-21(19)27(20)8-3)31-23(24(28)29)25-26(7-2)17(4)18(5)30-25;/h6,9-14,16H,1,7-8,15H2,2-5H3;1H/q+1;/p-1/b25-23-;. The zero-order valence-electron chi connectivity index (χ0n) is 18.9. The van der Waals surface area contributed by atoms with Crippen molar-refractivity contribution < 1.29 is 28.5 Å². The number of hydrogen-bond donors (Lipinski definition) is 0. The molecule has 1 aromatic carbocycles. The zero-order chi connectivity index (χ0) is 22.1. The number of aryl methyl sites for hydroxylation is 1. The van der Waals surface area contributed by atoms with Crippen molar-refractivity contribution in [3.63, 3.8) is 0 Å². The average molecular weight is 578 g/mol. The Hall–Kier alpha value is -1.84. The van der Waals surface area contributed by atoms with Crippen molar-refractivity contribution in [3.05, 3.63) is 84.9 Å². The van der Waals surface area contributed by atoms with Crippen LogP contribution in [0, 0.1) is 0 Å². The molecule has 1 aliphatic heterocycles. The summed E-state index contributed by atoms with van der Waals surface area (Å²) in [5, 5.41) is 2.26. The molecule has 32 heavy (non-hydrogen) atoms. The molecule has 0 fully saturated rings. The monoisotopic (exact) mass is 577 g/mol. The molecule has 2 aromatic heterocycles. The van der Waals surface area contributed by atoms with Crippen molar-refractivity contribution in [2.75, 3.05) is 6.54 Å². The largest absolute Gasteiger partial charge is 1.00 e. The van der Waals surface area contributed by atoms with Crippen LogP contribution in [0.15, 0.2) is 64.4 Å². The summed E-state index contributed by atoms with van der Waals surface area (Å²) in [5.74, 6) is 0. The fourth-order valence-corrected chi connectivity index (χ4v) is 6.43. The molecule has 0 N–H and O–H groups in total. The molecule has 3 heterocycles. The molecule has 0 spiro atoms. The second-order valence-corrected chi connectivity index (χ2v) is 9.71. The van der Waals surface area contributed by atoms with E-state index in [-0.39, 0.29) is 29.5 Å². The highest BCUT2D eigenvalue weighted by Gasteiger charge is 2.24. The van der Waals surface area contributed by atoms with Crippen molar-refractivity contribution in [1.82, 2.24) is 9.47 Å². The number of thioether (sulfide) groups is 1. The number of thiazole rings is 1. The molecular weight excluding hydrogens is 549 g/mol. The van der Waals surface area contributed by atoms with E-state index in [2.05, 4.69) is 86.2 Å². The summed E-state index contributed by atoms with van der Waals surface area (Å²) in [7, 11) is 0. The first-order valence-corrected chi connectivity index (χ1v) is 12.2. The van der Waals surface area contributed by atoms with Crippen molar-refractivity contribution in [3.8, 4) is 0 Å². The maximum absolute atomic E-state index is 13.4. The minimum absolute atomic E-state index is 0. The first kappa shape index (κ1) is 24.8. The molecule has 0 saturated heterocycles. The van der Waals surface area contributed by atoms with E-state index in [4.69, 9.17) is 0 Å². The highest BCUT2D eigenvalue weighted by Crippen LogP contribution is 2.40. The number of rotatable bonds is 5. The summed E-state index contributed by atoms with van der Waals surface area (Å²) < 4.78 is 5.89. The van der Waals surface area contributed by atoms with Crippen LogP contribution in [-0.4, -0.2) is 16.0 Å². The molecular formula is C25H28IN3OS2. The second kappa shape index (κ2) is 10.4. The number of fused-ring (bicyclic) bond motifs is 1. The van der Waals surface area contributed by atoms with Gasteiger partial charge in [0.15, 0.2) is 0 Å². The number of benzene rings is 1. The average Bonchev–Trinajstić information content (AvgIpc) is 3.24. The molecule has 4 rings (SSSR count). The third-order valence-corrected chi connectivity index (χ3v) is 8.17. The van der Waals surface area contributed by atoms with Gasteiger partial charge in [0.1, 0.15) is 20.8 Å². The number of halogens is 1. The summed E-state index contributed by atoms with van der Waals surface area (Å²) in [6.45, 7) is 14.6. The van der Waals surface area contributed by atoms with Gasteiger partial charge in [0.2, 0.25) is 11.2 Å². The predicted molar refractivity (Wildman–Crippen MR) is 133 cm³/mol. The van der Waals surface area contributed by atoms with Gasteiger partial charge >= 0.3 is 0 Å². The third kappa shape index (κ3) is 4.34. The molecule has 0 unspecified atom stereocenters. The van der Waals surface area contributed by atoms with Gasteiger partial charge in [0.05, 0.1) is 0 Å². The Morgan fingerprint density at radius 1 is 1.12 bits per heavy atom. The Labute approximate surface area is 214 Å². The minimum Gasteiger partial charge on any atom is -1.00 e. The maximum Gasteiger partial charge on any atom is 0.272 e. The highest BCUT2D eigenvalue weighted by atomic mass is 127. The van der Waals surface area contributed by atoms with E-state index in [0.29, 0.717) is 6.54 Å². The Kier molecular flexibility index (Phi) is 8.06. The third-order valence-electron chi connectivity index (χ3n) is 5.70. The van der Waals surface area contributed by atoms with Gasteiger partial charge < -0.3 is 28.9 Å². The number of para-hydroxylation sites is 1. The van der Waals surface area contributed by atoms with E-state index in [1.165, 1.54) is 21.5 Å². The van der Waals surface area contributed by atoms with Crippen LogP contribution in [0.25, 0.3) is 22.0 Å². The van der Waals surface area contributed by atoms with Crippen LogP contribution < -0.4 is 43.3 Å². The molecule has 3 aromatic rings. The Balaban J connectivity index is 0.00000289. The van der Waals surface area contributed by atoms with Crippen LogP contribution in [-0.2, 0) is 13.1 Å². The van der Waals surface area contributed by atoms with Crippen LogP contribution >= 0.6 is 23.1 Å². The van der Waals surface area contributed by atoms with Crippen LogP contribution in [0.2, 0.25) is 0 Å². The molecule has 0 radical (unpaired) electrons. The first-order chi connectivity index (χ1) is 15.0. The molecule has 0 aliphatic carbocycles. The summed E-state index contributed by atoms with van der Waals surface area (Å²) in [6, 6.07) is 12.7. The van der Waals surface area contributed by atoms with Crippen LogP contribution in [0.5, 0.6) is 0 Å². The molecule has 7 heteroatoms. The normalized spacial score (nSPS) is 16.1. The molecule has 0 atom stereocenters. The zero-order valence-corrected chi connectivity index (χ0v) is 22.7. The Morgan fingerprint density at radius 3 is 2.56 bits per heavy atom. The quantitative estimate of drug-likeness (QED) is 0.255. The van der Waals surface area contributed by atoms with Gasteiger partial charge in [-0.05, 0) is 39.8 Å².